The Morgan fingerprint density at radius 3 is 2.24 bits per heavy atom. The van der Waals surface area contributed by atoms with E-state index < -0.39 is 34.8 Å². The molecule has 0 aromatic heterocycles. The van der Waals surface area contributed by atoms with Crippen molar-refractivity contribution in [1.29, 1.82) is 0 Å². The van der Waals surface area contributed by atoms with Gasteiger partial charge in [0.05, 0.1) is 5.75 Å². The Bertz CT molecular complexity index is 303. The molecule has 0 fully saturated rings. The predicted octanol–water partition coefficient (Wildman–Crippen LogP) is 1.36. The third-order valence-electron chi connectivity index (χ3n) is 2.17. The lowest BCUT2D eigenvalue weighted by Gasteiger charge is -2.20. The van der Waals surface area contributed by atoms with Crippen molar-refractivity contribution in [3.8, 4) is 0 Å². The van der Waals surface area contributed by atoms with Gasteiger partial charge in [-0.3, -0.25) is 0 Å². The van der Waals surface area contributed by atoms with Crippen LogP contribution in [0, 0.1) is 0 Å². The van der Waals surface area contributed by atoms with E-state index in [-0.39, 0.29) is 26.1 Å². The lowest BCUT2D eigenvalue weighted by atomic mass is 10.3. The van der Waals surface area contributed by atoms with Gasteiger partial charge >= 0.3 is 6.18 Å². The molecule has 0 aliphatic rings. The van der Waals surface area contributed by atoms with Gasteiger partial charge in [0.2, 0.25) is 10.0 Å². The molecule has 0 aliphatic carbocycles. The number of alkyl halides is 3. The van der Waals surface area contributed by atoms with Gasteiger partial charge in [0.25, 0.3) is 0 Å². The number of hydrogen-bond acceptors (Lipinski definition) is 3. The zero-order chi connectivity index (χ0) is 13.5. The minimum absolute atomic E-state index is 0.140. The summed E-state index contributed by atoms with van der Waals surface area (Å²) < 4.78 is 60.0. The third kappa shape index (κ3) is 7.56. The fraction of sp³-hybridized carbons (Fsp3) is 1.00. The topological polar surface area (TPSA) is 57.6 Å². The molecule has 0 bridgehead atoms. The van der Waals surface area contributed by atoms with E-state index >= 15 is 0 Å². The van der Waals surface area contributed by atoms with Gasteiger partial charge in [0, 0.05) is 26.1 Å². The molecule has 4 nitrogen and oxygen atoms in total. The van der Waals surface area contributed by atoms with Gasteiger partial charge in [-0.15, -0.1) is 0 Å². The first-order chi connectivity index (χ1) is 7.73. The monoisotopic (exact) mass is 277 g/mol. The van der Waals surface area contributed by atoms with Crippen LogP contribution in [-0.2, 0) is 10.0 Å². The van der Waals surface area contributed by atoms with Crippen molar-refractivity contribution in [2.45, 2.75) is 32.4 Å². The molecule has 0 aliphatic heterocycles. The lowest BCUT2D eigenvalue weighted by molar-refractivity contribution is -0.134. The second-order valence-corrected chi connectivity index (χ2v) is 5.69. The summed E-state index contributed by atoms with van der Waals surface area (Å²) in [7, 11) is -3.64. The Hall–Kier alpha value is -0.340. The van der Waals surface area contributed by atoms with E-state index in [1.54, 1.807) is 6.92 Å². The molecule has 0 aromatic carbocycles. The lowest BCUT2D eigenvalue weighted by Crippen LogP contribution is -2.34. The standard InChI is InChI=1S/C9H18F3NO3S/c1-2-13(6-4-7-14)17(15,16)8-3-5-9(10,11)12/h14H,2-8H2,1H3. The summed E-state index contributed by atoms with van der Waals surface area (Å²) in [6, 6.07) is 0. The van der Waals surface area contributed by atoms with Crippen molar-refractivity contribution in [2.24, 2.45) is 0 Å². The zero-order valence-electron chi connectivity index (χ0n) is 9.70. The number of sulfonamides is 1. The van der Waals surface area contributed by atoms with Gasteiger partial charge in [-0.25, -0.2) is 12.7 Å². The number of halogens is 3. The molecule has 8 heteroatoms. The van der Waals surface area contributed by atoms with E-state index in [4.69, 9.17) is 5.11 Å². The predicted molar refractivity (Wildman–Crippen MR) is 58.0 cm³/mol. The van der Waals surface area contributed by atoms with Crippen LogP contribution in [0.2, 0.25) is 0 Å². The maximum absolute atomic E-state index is 11.9. The van der Waals surface area contributed by atoms with Gasteiger partial charge in [-0.2, -0.15) is 13.2 Å². The molecule has 0 atom stereocenters. The molecular weight excluding hydrogens is 259 g/mol. The van der Waals surface area contributed by atoms with E-state index in [1.165, 1.54) is 0 Å². The minimum atomic E-state index is -4.32. The summed E-state index contributed by atoms with van der Waals surface area (Å²) >= 11 is 0. The van der Waals surface area contributed by atoms with Crippen LogP contribution in [0.15, 0.2) is 0 Å². The second kappa shape index (κ2) is 7.17. The molecule has 0 spiro atoms. The largest absolute Gasteiger partial charge is 0.396 e. The minimum Gasteiger partial charge on any atom is -0.396 e. The smallest absolute Gasteiger partial charge is 0.389 e. The van der Waals surface area contributed by atoms with Crippen molar-refractivity contribution in [2.75, 3.05) is 25.4 Å². The van der Waals surface area contributed by atoms with Gasteiger partial charge in [-0.1, -0.05) is 6.92 Å². The molecule has 0 saturated carbocycles. The van der Waals surface area contributed by atoms with Crippen LogP contribution >= 0.6 is 0 Å². The first kappa shape index (κ1) is 16.7. The van der Waals surface area contributed by atoms with E-state index in [0.717, 1.165) is 4.31 Å². The molecule has 0 radical (unpaired) electrons. The van der Waals surface area contributed by atoms with Crippen LogP contribution in [0.1, 0.15) is 26.2 Å². The number of aliphatic hydroxyl groups excluding tert-OH is 1. The van der Waals surface area contributed by atoms with Crippen molar-refractivity contribution in [3.05, 3.63) is 0 Å². The Labute approximate surface area is 99.5 Å². The summed E-state index contributed by atoms with van der Waals surface area (Å²) in [4.78, 5) is 0. The van der Waals surface area contributed by atoms with E-state index in [2.05, 4.69) is 0 Å². The van der Waals surface area contributed by atoms with Crippen LogP contribution in [0.4, 0.5) is 13.2 Å². The molecule has 0 unspecified atom stereocenters. The number of hydrogen-bond donors (Lipinski definition) is 1. The fourth-order valence-corrected chi connectivity index (χ4v) is 2.89. The van der Waals surface area contributed by atoms with E-state index in [1.807, 2.05) is 0 Å². The Balaban J connectivity index is 4.24. The van der Waals surface area contributed by atoms with Crippen molar-refractivity contribution < 1.29 is 26.7 Å². The molecule has 0 saturated heterocycles. The molecule has 0 heterocycles. The molecular formula is C9H18F3NO3S. The average Bonchev–Trinajstić information content (AvgIpc) is 2.16. The number of rotatable bonds is 8. The van der Waals surface area contributed by atoms with Crippen LogP contribution in [0.25, 0.3) is 0 Å². The molecule has 0 amide bonds. The van der Waals surface area contributed by atoms with Gasteiger partial charge < -0.3 is 5.11 Å². The highest BCUT2D eigenvalue weighted by molar-refractivity contribution is 7.89. The van der Waals surface area contributed by atoms with Crippen LogP contribution < -0.4 is 0 Å². The SMILES string of the molecule is CCN(CCCO)S(=O)(=O)CCCC(F)(F)F. The summed E-state index contributed by atoms with van der Waals surface area (Å²) in [5.41, 5.74) is 0. The van der Waals surface area contributed by atoms with Gasteiger partial charge in [-0.05, 0) is 12.8 Å². The summed E-state index contributed by atoms with van der Waals surface area (Å²) in [6.45, 7) is 1.81. The highest BCUT2D eigenvalue weighted by Crippen LogP contribution is 2.22. The summed E-state index contributed by atoms with van der Waals surface area (Å²) in [6.07, 6.45) is -5.56. The summed E-state index contributed by atoms with van der Waals surface area (Å²) in [5.74, 6) is -0.508. The van der Waals surface area contributed by atoms with Crippen LogP contribution in [0.5, 0.6) is 0 Å². The first-order valence-electron chi connectivity index (χ1n) is 5.38. The highest BCUT2D eigenvalue weighted by atomic mass is 32.2. The maximum Gasteiger partial charge on any atom is 0.389 e. The number of aliphatic hydroxyl groups is 1. The Morgan fingerprint density at radius 2 is 1.82 bits per heavy atom. The maximum atomic E-state index is 11.9. The van der Waals surface area contributed by atoms with E-state index in [9.17, 15) is 21.6 Å². The molecule has 0 rings (SSSR count). The van der Waals surface area contributed by atoms with E-state index in [0.29, 0.717) is 0 Å². The number of nitrogens with zero attached hydrogens (tertiary/aromatic N) is 1. The van der Waals surface area contributed by atoms with Gasteiger partial charge in [0.15, 0.2) is 0 Å². The molecule has 17 heavy (non-hydrogen) atoms. The molecule has 1 N–H and O–H groups in total. The molecule has 104 valence electrons. The van der Waals surface area contributed by atoms with Gasteiger partial charge in [0.1, 0.15) is 0 Å². The first-order valence-corrected chi connectivity index (χ1v) is 6.99. The Morgan fingerprint density at radius 1 is 1.24 bits per heavy atom. The van der Waals surface area contributed by atoms with Crippen LogP contribution in [-0.4, -0.2) is 49.5 Å². The summed E-state index contributed by atoms with van der Waals surface area (Å²) in [5, 5.41) is 8.59. The fourth-order valence-electron chi connectivity index (χ4n) is 1.33. The van der Waals surface area contributed by atoms with Crippen molar-refractivity contribution >= 4 is 10.0 Å². The molecule has 0 aromatic rings. The quantitative estimate of drug-likeness (QED) is 0.729. The van der Waals surface area contributed by atoms with Crippen molar-refractivity contribution in [3.63, 3.8) is 0 Å². The second-order valence-electron chi connectivity index (χ2n) is 3.60. The highest BCUT2D eigenvalue weighted by Gasteiger charge is 2.28. The Kier molecular flexibility index (Phi) is 7.03. The zero-order valence-corrected chi connectivity index (χ0v) is 10.5. The third-order valence-corrected chi connectivity index (χ3v) is 4.21. The van der Waals surface area contributed by atoms with Crippen LogP contribution in [0.3, 0.4) is 0 Å². The average molecular weight is 277 g/mol. The van der Waals surface area contributed by atoms with Crippen molar-refractivity contribution in [1.82, 2.24) is 4.31 Å². The normalized spacial score (nSPS) is 13.3.